The van der Waals surface area contributed by atoms with Crippen molar-refractivity contribution in [2.75, 3.05) is 0 Å². The summed E-state index contributed by atoms with van der Waals surface area (Å²) in [5.41, 5.74) is 1.94. The van der Waals surface area contributed by atoms with E-state index in [-0.39, 0.29) is 17.0 Å². The molecule has 0 spiro atoms. The summed E-state index contributed by atoms with van der Waals surface area (Å²) >= 11 is 1.37. The van der Waals surface area contributed by atoms with Crippen LogP contribution in [-0.2, 0) is 0 Å². The summed E-state index contributed by atoms with van der Waals surface area (Å²) in [6.07, 6.45) is -4.79. The van der Waals surface area contributed by atoms with Gasteiger partial charge in [-0.25, -0.2) is 4.98 Å². The van der Waals surface area contributed by atoms with Gasteiger partial charge >= 0.3 is 6.36 Å². The van der Waals surface area contributed by atoms with Crippen molar-refractivity contribution in [3.8, 4) is 10.9 Å². The van der Waals surface area contributed by atoms with Gasteiger partial charge in [-0.2, -0.15) is 4.68 Å². The predicted molar refractivity (Wildman–Crippen MR) is 109 cm³/mol. The topological polar surface area (TPSA) is 72.3 Å². The molecular formula is C20H15F3N4O2S. The van der Waals surface area contributed by atoms with Gasteiger partial charge in [-0.1, -0.05) is 29.5 Å². The summed E-state index contributed by atoms with van der Waals surface area (Å²) in [7, 11) is 0. The lowest BCUT2D eigenvalue weighted by atomic mass is 10.1. The van der Waals surface area contributed by atoms with Crippen molar-refractivity contribution in [1.82, 2.24) is 14.8 Å². The number of thiazole rings is 1. The van der Waals surface area contributed by atoms with Crippen LogP contribution >= 0.6 is 11.3 Å². The maximum absolute atomic E-state index is 13.0. The summed E-state index contributed by atoms with van der Waals surface area (Å²) < 4.78 is 43.5. The van der Waals surface area contributed by atoms with E-state index in [1.165, 1.54) is 34.2 Å². The number of hydrogen-bond acceptors (Lipinski definition) is 5. The van der Waals surface area contributed by atoms with E-state index in [0.29, 0.717) is 22.1 Å². The molecule has 0 unspecified atom stereocenters. The molecule has 10 heteroatoms. The highest BCUT2D eigenvalue weighted by molar-refractivity contribution is 7.20. The van der Waals surface area contributed by atoms with Gasteiger partial charge in [0.05, 0.1) is 27.2 Å². The van der Waals surface area contributed by atoms with Gasteiger partial charge in [0.2, 0.25) is 5.13 Å². The Morgan fingerprint density at radius 1 is 1.20 bits per heavy atom. The molecule has 0 aliphatic heterocycles. The number of aliphatic imine (C=N–C) groups is 1. The number of rotatable bonds is 4. The number of benzene rings is 2. The Morgan fingerprint density at radius 3 is 2.70 bits per heavy atom. The zero-order valence-electron chi connectivity index (χ0n) is 15.8. The average Bonchev–Trinajstić information content (AvgIpc) is 3.20. The molecule has 0 saturated carbocycles. The molecule has 0 radical (unpaired) electrons. The van der Waals surface area contributed by atoms with E-state index in [0.717, 1.165) is 16.3 Å². The normalized spacial score (nSPS) is 12.5. The van der Waals surface area contributed by atoms with Crippen molar-refractivity contribution >= 4 is 33.0 Å². The van der Waals surface area contributed by atoms with Crippen LogP contribution in [0.4, 0.5) is 18.9 Å². The maximum Gasteiger partial charge on any atom is 0.573 e. The van der Waals surface area contributed by atoms with Crippen LogP contribution < -0.4 is 10.3 Å². The number of hydrogen-bond donors (Lipinski definition) is 1. The van der Waals surface area contributed by atoms with Crippen molar-refractivity contribution in [3.05, 3.63) is 70.1 Å². The molecule has 2 aromatic heterocycles. The molecule has 2 aromatic carbocycles. The first-order valence-corrected chi connectivity index (χ1v) is 9.62. The summed E-state index contributed by atoms with van der Waals surface area (Å²) in [6.45, 7) is 3.35. The van der Waals surface area contributed by atoms with Gasteiger partial charge in [0.15, 0.2) is 0 Å². The third-order valence-electron chi connectivity index (χ3n) is 4.26. The average molecular weight is 432 g/mol. The summed E-state index contributed by atoms with van der Waals surface area (Å²) in [5, 5.41) is 3.49. The summed E-state index contributed by atoms with van der Waals surface area (Å²) in [6, 6.07) is 12.8. The SMILES string of the molecule is CC(=Nc1cccc(OC(F)(F)F)c1)c1c(C)[nH]n(-c2nc3ccccc3s2)c1=O. The second-order valence-electron chi connectivity index (χ2n) is 6.46. The maximum atomic E-state index is 13.0. The lowest BCUT2D eigenvalue weighted by Gasteiger charge is -2.09. The fourth-order valence-corrected chi connectivity index (χ4v) is 3.99. The molecule has 4 aromatic rings. The lowest BCUT2D eigenvalue weighted by Crippen LogP contribution is -2.19. The third-order valence-corrected chi connectivity index (χ3v) is 5.28. The number of aromatic nitrogens is 3. The largest absolute Gasteiger partial charge is 0.573 e. The van der Waals surface area contributed by atoms with Crippen LogP contribution in [0.25, 0.3) is 15.3 Å². The zero-order valence-corrected chi connectivity index (χ0v) is 16.6. The Labute approximate surface area is 172 Å². The van der Waals surface area contributed by atoms with Crippen LogP contribution in [0.2, 0.25) is 0 Å². The molecule has 0 amide bonds. The first-order valence-electron chi connectivity index (χ1n) is 8.80. The zero-order chi connectivity index (χ0) is 21.5. The Kier molecular flexibility index (Phi) is 4.94. The molecule has 0 fully saturated rings. The van der Waals surface area contributed by atoms with Crippen LogP contribution in [0.15, 0.2) is 58.3 Å². The molecule has 30 heavy (non-hydrogen) atoms. The smallest absolute Gasteiger partial charge is 0.406 e. The number of ether oxygens (including phenoxy) is 1. The number of H-pyrrole nitrogens is 1. The molecule has 6 nitrogen and oxygen atoms in total. The number of aromatic amines is 1. The van der Waals surface area contributed by atoms with Gasteiger partial charge in [-0.05, 0) is 38.1 Å². The van der Waals surface area contributed by atoms with E-state index in [2.05, 4.69) is 19.8 Å². The van der Waals surface area contributed by atoms with E-state index in [9.17, 15) is 18.0 Å². The first kappa shape index (κ1) is 19.9. The summed E-state index contributed by atoms with van der Waals surface area (Å²) in [5.74, 6) is -0.380. The van der Waals surface area contributed by atoms with E-state index in [4.69, 9.17) is 0 Å². The lowest BCUT2D eigenvalue weighted by molar-refractivity contribution is -0.274. The van der Waals surface area contributed by atoms with Crippen molar-refractivity contribution < 1.29 is 17.9 Å². The molecular weight excluding hydrogens is 417 g/mol. The van der Waals surface area contributed by atoms with E-state index in [1.807, 2.05) is 24.3 Å². The van der Waals surface area contributed by atoms with Crippen molar-refractivity contribution in [3.63, 3.8) is 0 Å². The molecule has 1 N–H and O–H groups in total. The standard InChI is InChI=1S/C20H15F3N4O2S/c1-11(24-13-6-5-7-14(10-13)29-20(21,22)23)17-12(2)26-27(18(17)28)19-25-15-8-3-4-9-16(15)30-19/h3-10,26H,1-2H3. The van der Waals surface area contributed by atoms with E-state index < -0.39 is 6.36 Å². The number of fused-ring (bicyclic) bond motifs is 1. The molecule has 0 aliphatic rings. The van der Waals surface area contributed by atoms with Crippen LogP contribution in [0.1, 0.15) is 18.2 Å². The molecule has 4 rings (SSSR count). The molecule has 0 saturated heterocycles. The summed E-state index contributed by atoms with van der Waals surface area (Å²) in [4.78, 5) is 21.8. The monoisotopic (exact) mass is 432 g/mol. The third kappa shape index (κ3) is 3.99. The number of aryl methyl sites for hydroxylation is 1. The van der Waals surface area contributed by atoms with Crippen LogP contribution in [-0.4, -0.2) is 26.8 Å². The van der Waals surface area contributed by atoms with Gasteiger partial charge < -0.3 is 4.74 Å². The number of halogens is 3. The van der Waals surface area contributed by atoms with Gasteiger partial charge in [-0.15, -0.1) is 13.2 Å². The Morgan fingerprint density at radius 2 is 1.97 bits per heavy atom. The highest BCUT2D eigenvalue weighted by atomic mass is 32.1. The second-order valence-corrected chi connectivity index (χ2v) is 7.47. The van der Waals surface area contributed by atoms with Crippen molar-refractivity contribution in [2.24, 2.45) is 4.99 Å². The van der Waals surface area contributed by atoms with Crippen LogP contribution in [0.3, 0.4) is 0 Å². The molecule has 154 valence electrons. The molecule has 2 heterocycles. The molecule has 0 atom stereocenters. The highest BCUT2D eigenvalue weighted by Gasteiger charge is 2.31. The second kappa shape index (κ2) is 7.45. The fourth-order valence-electron chi connectivity index (χ4n) is 3.06. The number of nitrogens with one attached hydrogen (secondary N) is 1. The Hall–Kier alpha value is -3.40. The van der Waals surface area contributed by atoms with Gasteiger partial charge in [0.25, 0.3) is 5.56 Å². The predicted octanol–water partition coefficient (Wildman–Crippen LogP) is 5.12. The van der Waals surface area contributed by atoms with Gasteiger partial charge in [0, 0.05) is 11.8 Å². The minimum Gasteiger partial charge on any atom is -0.406 e. The number of nitrogens with zero attached hydrogens (tertiary/aromatic N) is 3. The van der Waals surface area contributed by atoms with Gasteiger partial charge in [0.1, 0.15) is 5.75 Å². The van der Waals surface area contributed by atoms with Crippen molar-refractivity contribution in [2.45, 2.75) is 20.2 Å². The van der Waals surface area contributed by atoms with Crippen LogP contribution in [0.5, 0.6) is 5.75 Å². The fraction of sp³-hybridized carbons (Fsp3) is 0.150. The minimum absolute atomic E-state index is 0.237. The van der Waals surface area contributed by atoms with Crippen molar-refractivity contribution in [1.29, 1.82) is 0 Å². The number of para-hydroxylation sites is 1. The van der Waals surface area contributed by atoms with Crippen LogP contribution in [0, 0.1) is 6.92 Å². The minimum atomic E-state index is -4.79. The number of alkyl halides is 3. The Balaban J connectivity index is 1.71. The molecule has 0 bridgehead atoms. The van der Waals surface area contributed by atoms with E-state index >= 15 is 0 Å². The highest BCUT2D eigenvalue weighted by Crippen LogP contribution is 2.27. The Bertz CT molecular complexity index is 1280. The quantitative estimate of drug-likeness (QED) is 0.455. The van der Waals surface area contributed by atoms with Gasteiger partial charge in [-0.3, -0.25) is 14.9 Å². The first-order chi connectivity index (χ1) is 14.2. The molecule has 0 aliphatic carbocycles. The van der Waals surface area contributed by atoms with E-state index in [1.54, 1.807) is 13.8 Å².